The van der Waals surface area contributed by atoms with Crippen molar-refractivity contribution in [1.29, 1.82) is 0 Å². The van der Waals surface area contributed by atoms with E-state index in [1.807, 2.05) is 12.1 Å². The Hall–Kier alpha value is -4.53. The van der Waals surface area contributed by atoms with Crippen LogP contribution in [0.1, 0.15) is 0 Å². The molecular formula is C34H20ClNO. The third-order valence-electron chi connectivity index (χ3n) is 7.48. The first-order valence-corrected chi connectivity index (χ1v) is 12.8. The van der Waals surface area contributed by atoms with E-state index >= 15 is 0 Å². The van der Waals surface area contributed by atoms with Gasteiger partial charge in [0.05, 0.1) is 16.1 Å². The summed E-state index contributed by atoms with van der Waals surface area (Å²) in [5, 5.41) is 7.67. The number of aromatic nitrogens is 1. The normalized spacial score (nSPS) is 11.9. The first kappa shape index (κ1) is 20.6. The highest BCUT2D eigenvalue weighted by atomic mass is 35.5. The largest absolute Gasteiger partial charge is 0.454 e. The highest BCUT2D eigenvalue weighted by Gasteiger charge is 2.18. The number of nitrogens with zero attached hydrogens (tertiary/aromatic N) is 1. The lowest BCUT2D eigenvalue weighted by Gasteiger charge is -2.10. The summed E-state index contributed by atoms with van der Waals surface area (Å²) in [6.45, 7) is 0. The van der Waals surface area contributed by atoms with Gasteiger partial charge in [0.25, 0.3) is 0 Å². The minimum Gasteiger partial charge on any atom is -0.454 e. The molecule has 0 saturated carbocycles. The third kappa shape index (κ3) is 2.94. The molecule has 3 heteroatoms. The number of fused-ring (bicyclic) bond motifs is 8. The molecule has 6 aromatic carbocycles. The van der Waals surface area contributed by atoms with Crippen molar-refractivity contribution in [3.05, 3.63) is 126 Å². The Morgan fingerprint density at radius 3 is 1.92 bits per heavy atom. The van der Waals surface area contributed by atoms with Gasteiger partial charge >= 0.3 is 0 Å². The van der Waals surface area contributed by atoms with Gasteiger partial charge in [-0.1, -0.05) is 96.5 Å². The number of furan rings is 1. The topological polar surface area (TPSA) is 18.1 Å². The van der Waals surface area contributed by atoms with Gasteiger partial charge in [-0.05, 0) is 58.3 Å². The van der Waals surface area contributed by atoms with E-state index in [1.165, 1.54) is 32.6 Å². The molecule has 0 spiro atoms. The summed E-state index contributed by atoms with van der Waals surface area (Å²) in [6.07, 6.45) is 0. The van der Waals surface area contributed by atoms with E-state index in [9.17, 15) is 0 Å². The average Bonchev–Trinajstić information content (AvgIpc) is 3.51. The van der Waals surface area contributed by atoms with Gasteiger partial charge < -0.3 is 8.98 Å². The van der Waals surface area contributed by atoms with Crippen LogP contribution in [0.25, 0.3) is 71.3 Å². The molecule has 37 heavy (non-hydrogen) atoms. The number of rotatable bonds is 2. The summed E-state index contributed by atoms with van der Waals surface area (Å²) in [6, 6.07) is 42.6. The van der Waals surface area contributed by atoms with Gasteiger partial charge in [-0.3, -0.25) is 0 Å². The van der Waals surface area contributed by atoms with E-state index in [1.54, 1.807) is 0 Å². The summed E-state index contributed by atoms with van der Waals surface area (Å²) in [5.74, 6) is 0. The van der Waals surface area contributed by atoms with E-state index in [0.29, 0.717) is 5.02 Å². The molecule has 0 aliphatic carbocycles. The zero-order valence-corrected chi connectivity index (χ0v) is 20.5. The Balaban J connectivity index is 1.37. The van der Waals surface area contributed by atoms with E-state index in [0.717, 1.165) is 38.8 Å². The zero-order chi connectivity index (χ0) is 24.5. The minimum absolute atomic E-state index is 0.626. The molecule has 2 heterocycles. The Bertz CT molecular complexity index is 2090. The number of hydrogen-bond donors (Lipinski definition) is 0. The van der Waals surface area contributed by atoms with Crippen LogP contribution in [0.15, 0.2) is 126 Å². The van der Waals surface area contributed by atoms with Gasteiger partial charge in [-0.15, -0.1) is 0 Å². The van der Waals surface area contributed by atoms with Gasteiger partial charge in [0.1, 0.15) is 5.58 Å². The highest BCUT2D eigenvalue weighted by molar-refractivity contribution is 6.37. The molecule has 8 aromatic rings. The van der Waals surface area contributed by atoms with Crippen LogP contribution < -0.4 is 0 Å². The fraction of sp³-hybridized carbons (Fsp3) is 0. The molecule has 0 unspecified atom stereocenters. The Morgan fingerprint density at radius 2 is 1.19 bits per heavy atom. The van der Waals surface area contributed by atoms with E-state index in [4.69, 9.17) is 16.0 Å². The predicted octanol–water partition coefficient (Wildman–Crippen LogP) is 10.2. The van der Waals surface area contributed by atoms with Crippen LogP contribution >= 0.6 is 11.6 Å². The fourth-order valence-corrected chi connectivity index (χ4v) is 6.04. The zero-order valence-electron chi connectivity index (χ0n) is 19.8. The first-order chi connectivity index (χ1) is 18.3. The summed E-state index contributed by atoms with van der Waals surface area (Å²) in [7, 11) is 0. The molecule has 0 N–H and O–H groups in total. The maximum absolute atomic E-state index is 6.65. The summed E-state index contributed by atoms with van der Waals surface area (Å²) in [4.78, 5) is 0. The van der Waals surface area contributed by atoms with Crippen LogP contribution in [-0.2, 0) is 0 Å². The van der Waals surface area contributed by atoms with Gasteiger partial charge in [0.15, 0.2) is 5.58 Å². The molecule has 0 bridgehead atoms. The fourth-order valence-electron chi connectivity index (χ4n) is 5.84. The molecule has 0 aliphatic heterocycles. The maximum atomic E-state index is 6.65. The van der Waals surface area contributed by atoms with Crippen LogP contribution in [0.4, 0.5) is 0 Å². The minimum atomic E-state index is 0.626. The van der Waals surface area contributed by atoms with Crippen LogP contribution in [0, 0.1) is 0 Å². The lowest BCUT2D eigenvalue weighted by Crippen LogP contribution is -1.93. The third-order valence-corrected chi connectivity index (χ3v) is 7.78. The number of benzene rings is 6. The summed E-state index contributed by atoms with van der Waals surface area (Å²) < 4.78 is 8.64. The van der Waals surface area contributed by atoms with Crippen molar-refractivity contribution >= 4 is 66.1 Å². The number of halogens is 1. The smallest absolute Gasteiger partial charge is 0.154 e. The Labute approximate surface area is 217 Å². The quantitative estimate of drug-likeness (QED) is 0.234. The molecule has 0 saturated heterocycles. The van der Waals surface area contributed by atoms with Crippen molar-refractivity contribution in [2.45, 2.75) is 0 Å². The molecule has 0 aliphatic rings. The molecule has 2 aromatic heterocycles. The van der Waals surface area contributed by atoms with E-state index < -0.39 is 0 Å². The van der Waals surface area contributed by atoms with Gasteiger partial charge in [0, 0.05) is 27.2 Å². The van der Waals surface area contributed by atoms with Crippen molar-refractivity contribution < 1.29 is 4.42 Å². The summed E-state index contributed by atoms with van der Waals surface area (Å²) in [5.41, 5.74) is 7.37. The second-order valence-electron chi connectivity index (χ2n) is 9.48. The predicted molar refractivity (Wildman–Crippen MR) is 156 cm³/mol. The molecular weight excluding hydrogens is 474 g/mol. The highest BCUT2D eigenvalue weighted by Crippen LogP contribution is 2.43. The Morgan fingerprint density at radius 1 is 0.541 bits per heavy atom. The lowest BCUT2D eigenvalue weighted by atomic mass is 9.96. The van der Waals surface area contributed by atoms with Gasteiger partial charge in [-0.25, -0.2) is 0 Å². The molecule has 0 fully saturated rings. The van der Waals surface area contributed by atoms with Crippen molar-refractivity contribution in [3.8, 4) is 16.8 Å². The van der Waals surface area contributed by atoms with Crippen LogP contribution in [0.5, 0.6) is 0 Å². The van der Waals surface area contributed by atoms with Crippen LogP contribution in [0.2, 0.25) is 5.02 Å². The second-order valence-corrected chi connectivity index (χ2v) is 9.88. The van der Waals surface area contributed by atoms with Gasteiger partial charge in [-0.2, -0.15) is 0 Å². The van der Waals surface area contributed by atoms with Crippen molar-refractivity contribution in [1.82, 2.24) is 4.57 Å². The Kier molecular flexibility index (Phi) is 4.31. The van der Waals surface area contributed by atoms with E-state index in [2.05, 4.69) is 114 Å². The standard InChI is InChI=1S/C34H20ClNO/c35-28-19-18-25(33-32-24-8-2-1-7-21(24)15-20-31(32)37-34(28)33)22-13-16-23(17-14-22)36-29-11-5-3-9-26(29)27-10-4-6-12-30(27)36/h1-20H. The molecule has 8 rings (SSSR count). The molecule has 0 radical (unpaired) electrons. The maximum Gasteiger partial charge on any atom is 0.154 e. The molecule has 174 valence electrons. The number of hydrogen-bond acceptors (Lipinski definition) is 1. The monoisotopic (exact) mass is 493 g/mol. The van der Waals surface area contributed by atoms with Crippen LogP contribution in [0.3, 0.4) is 0 Å². The van der Waals surface area contributed by atoms with Crippen LogP contribution in [-0.4, -0.2) is 4.57 Å². The SMILES string of the molecule is Clc1ccc(-c2ccc(-n3c4ccccc4c4ccccc43)cc2)c2c1oc1ccc3ccccc3c12. The lowest BCUT2D eigenvalue weighted by molar-refractivity contribution is 0.669. The molecule has 2 nitrogen and oxygen atoms in total. The first-order valence-electron chi connectivity index (χ1n) is 12.4. The average molecular weight is 494 g/mol. The summed E-state index contributed by atoms with van der Waals surface area (Å²) >= 11 is 6.65. The van der Waals surface area contributed by atoms with Crippen molar-refractivity contribution in [3.63, 3.8) is 0 Å². The molecule has 0 atom stereocenters. The second kappa shape index (κ2) is 7.73. The van der Waals surface area contributed by atoms with Crippen molar-refractivity contribution in [2.75, 3.05) is 0 Å². The van der Waals surface area contributed by atoms with Gasteiger partial charge in [0.2, 0.25) is 0 Å². The number of para-hydroxylation sites is 2. The van der Waals surface area contributed by atoms with E-state index in [-0.39, 0.29) is 0 Å². The van der Waals surface area contributed by atoms with Crippen molar-refractivity contribution in [2.24, 2.45) is 0 Å². The molecule has 0 amide bonds.